The van der Waals surface area contributed by atoms with Gasteiger partial charge in [0.25, 0.3) is 0 Å². The van der Waals surface area contributed by atoms with Gasteiger partial charge in [-0.3, -0.25) is 0 Å². The van der Waals surface area contributed by atoms with Crippen LogP contribution in [-0.4, -0.2) is 50.7 Å². The molecule has 1 aromatic rings. The maximum Gasteiger partial charge on any atom is 0.181 e. The number of H-pyrrole nitrogens is 1. The van der Waals surface area contributed by atoms with E-state index in [4.69, 9.17) is 0 Å². The van der Waals surface area contributed by atoms with Crippen molar-refractivity contribution in [2.75, 3.05) is 13.1 Å². The molecule has 5 fully saturated rings. The summed E-state index contributed by atoms with van der Waals surface area (Å²) in [6.45, 7) is 6.08. The summed E-state index contributed by atoms with van der Waals surface area (Å²) < 4.78 is 0. The number of fused-ring (bicyclic) bond motifs is 3. The van der Waals surface area contributed by atoms with E-state index < -0.39 is 0 Å². The standard InChI is InChI=1S/C26H39N7/c1-17(33-21(15-27)13-20-14-24(20)33)16-28-11-10-26(25-29-31-32-30-25)22-8-4-2-6-18(22)12-19-7-3-5-9-23(19)26/h18-24,28H,1-14,16H2,(H,29,30,31,32)/t18?,19?,20-,21?,22?,23?,24?,26?/m1/s1. The fourth-order valence-electron chi connectivity index (χ4n) is 8.82. The van der Waals surface area contributed by atoms with Gasteiger partial charge in [-0.25, -0.2) is 0 Å². The lowest BCUT2D eigenvalue weighted by Gasteiger charge is -2.58. The number of nitriles is 1. The van der Waals surface area contributed by atoms with Gasteiger partial charge in [-0.2, -0.15) is 10.5 Å². The Hall–Kier alpha value is -1.94. The van der Waals surface area contributed by atoms with Crippen LogP contribution in [-0.2, 0) is 5.41 Å². The molecule has 2 N–H and O–H groups in total. The molecule has 6 unspecified atom stereocenters. The molecule has 33 heavy (non-hydrogen) atoms. The van der Waals surface area contributed by atoms with Gasteiger partial charge in [0, 0.05) is 23.7 Å². The predicted octanol–water partition coefficient (Wildman–Crippen LogP) is 3.93. The first-order valence-corrected chi connectivity index (χ1v) is 13.5. The highest BCUT2D eigenvalue weighted by atomic mass is 15.5. The van der Waals surface area contributed by atoms with Crippen LogP contribution in [0.1, 0.15) is 82.9 Å². The van der Waals surface area contributed by atoms with Crippen molar-refractivity contribution in [1.29, 1.82) is 5.26 Å². The van der Waals surface area contributed by atoms with E-state index >= 15 is 0 Å². The molecule has 0 amide bonds. The van der Waals surface area contributed by atoms with Crippen molar-refractivity contribution in [2.24, 2.45) is 29.6 Å². The third-order valence-corrected chi connectivity index (χ3v) is 10.2. The van der Waals surface area contributed by atoms with Crippen LogP contribution >= 0.6 is 0 Å². The van der Waals surface area contributed by atoms with E-state index in [0.717, 1.165) is 55.2 Å². The summed E-state index contributed by atoms with van der Waals surface area (Å²) in [6, 6.07) is 3.09. The SMILES string of the molecule is C=C(CNCCC1(c2nn[nH]n2)C2CCCCC2CC2CCCCC21)N1C(C#N)C[C@@H]2CC21. The van der Waals surface area contributed by atoms with Crippen LogP contribution in [0, 0.1) is 40.9 Å². The van der Waals surface area contributed by atoms with E-state index in [2.05, 4.69) is 43.5 Å². The summed E-state index contributed by atoms with van der Waals surface area (Å²) in [5.74, 6) is 4.71. The van der Waals surface area contributed by atoms with E-state index in [1.807, 2.05) is 0 Å². The minimum absolute atomic E-state index is 0.0260. The van der Waals surface area contributed by atoms with E-state index in [0.29, 0.717) is 17.9 Å². The lowest BCUT2D eigenvalue weighted by molar-refractivity contribution is -0.0476. The van der Waals surface area contributed by atoms with Crippen molar-refractivity contribution in [1.82, 2.24) is 30.8 Å². The van der Waals surface area contributed by atoms with Crippen molar-refractivity contribution in [3.05, 3.63) is 18.1 Å². The molecule has 0 spiro atoms. The van der Waals surface area contributed by atoms with Crippen LogP contribution in [0.25, 0.3) is 0 Å². The zero-order valence-electron chi connectivity index (χ0n) is 19.9. The highest BCUT2D eigenvalue weighted by molar-refractivity contribution is 5.21. The number of likely N-dealkylation sites (tertiary alicyclic amines) is 1. The molecule has 0 radical (unpaired) electrons. The summed E-state index contributed by atoms with van der Waals surface area (Å²) in [5.41, 5.74) is 1.13. The number of aromatic amines is 1. The molecule has 1 saturated heterocycles. The Labute approximate surface area is 197 Å². The fraction of sp³-hybridized carbons (Fsp3) is 0.846. The van der Waals surface area contributed by atoms with Crippen molar-refractivity contribution in [3.8, 4) is 6.07 Å². The second kappa shape index (κ2) is 8.69. The Kier molecular flexibility index (Phi) is 5.68. The van der Waals surface area contributed by atoms with Gasteiger partial charge in [0.2, 0.25) is 0 Å². The molecule has 2 heterocycles. The summed E-state index contributed by atoms with van der Waals surface area (Å²) in [6.07, 6.45) is 15.6. The minimum Gasteiger partial charge on any atom is -0.355 e. The van der Waals surface area contributed by atoms with Crippen molar-refractivity contribution < 1.29 is 0 Å². The Morgan fingerprint density at radius 3 is 2.45 bits per heavy atom. The molecule has 5 aliphatic rings. The first-order valence-electron chi connectivity index (χ1n) is 13.5. The Bertz CT molecular complexity index is 867. The second-order valence-electron chi connectivity index (χ2n) is 11.7. The smallest absolute Gasteiger partial charge is 0.181 e. The van der Waals surface area contributed by atoms with E-state index in [-0.39, 0.29) is 11.5 Å². The quantitative estimate of drug-likeness (QED) is 0.613. The molecule has 7 heteroatoms. The van der Waals surface area contributed by atoms with Crippen LogP contribution < -0.4 is 5.32 Å². The summed E-state index contributed by atoms with van der Waals surface area (Å²) >= 11 is 0. The largest absolute Gasteiger partial charge is 0.355 e. The molecule has 178 valence electrons. The molecule has 0 aromatic carbocycles. The van der Waals surface area contributed by atoms with Crippen molar-refractivity contribution in [3.63, 3.8) is 0 Å². The van der Waals surface area contributed by atoms with E-state index in [1.165, 1.54) is 64.2 Å². The van der Waals surface area contributed by atoms with E-state index in [9.17, 15) is 5.26 Å². The first kappa shape index (κ1) is 21.6. The van der Waals surface area contributed by atoms with E-state index in [1.54, 1.807) is 0 Å². The van der Waals surface area contributed by atoms with Gasteiger partial charge in [0.15, 0.2) is 5.82 Å². The molecular formula is C26H39N7. The molecule has 6 rings (SSSR count). The average molecular weight is 450 g/mol. The molecule has 1 aliphatic heterocycles. The van der Waals surface area contributed by atoms with Gasteiger partial charge < -0.3 is 10.2 Å². The van der Waals surface area contributed by atoms with Crippen molar-refractivity contribution >= 4 is 0 Å². The molecular weight excluding hydrogens is 410 g/mol. The van der Waals surface area contributed by atoms with Crippen LogP contribution in [0.3, 0.4) is 0 Å². The van der Waals surface area contributed by atoms with Crippen molar-refractivity contribution in [2.45, 2.75) is 94.5 Å². The summed E-state index contributed by atoms with van der Waals surface area (Å²) in [7, 11) is 0. The first-order chi connectivity index (χ1) is 16.2. The van der Waals surface area contributed by atoms with Gasteiger partial charge in [0.05, 0.1) is 6.07 Å². The summed E-state index contributed by atoms with van der Waals surface area (Å²) in [5, 5.41) is 29.5. The normalized spacial score (nSPS) is 41.5. The Morgan fingerprint density at radius 2 is 1.79 bits per heavy atom. The maximum atomic E-state index is 9.55. The van der Waals surface area contributed by atoms with Crippen LogP contribution in [0.5, 0.6) is 0 Å². The number of nitrogens with zero attached hydrogens (tertiary/aromatic N) is 5. The number of hydrogen-bond donors (Lipinski definition) is 2. The molecule has 1 aromatic heterocycles. The van der Waals surface area contributed by atoms with Gasteiger partial charge in [-0.1, -0.05) is 50.3 Å². The highest BCUT2D eigenvalue weighted by Crippen LogP contribution is 2.60. The molecule has 7 atom stereocenters. The Balaban J connectivity index is 1.20. The van der Waals surface area contributed by atoms with Gasteiger partial charge in [0.1, 0.15) is 6.04 Å². The number of tetrazole rings is 1. The fourth-order valence-corrected chi connectivity index (χ4v) is 8.82. The van der Waals surface area contributed by atoms with Crippen LogP contribution in [0.4, 0.5) is 0 Å². The van der Waals surface area contributed by atoms with Gasteiger partial charge in [-0.05, 0) is 74.7 Å². The third kappa shape index (κ3) is 3.60. The van der Waals surface area contributed by atoms with Crippen LogP contribution in [0.2, 0.25) is 0 Å². The summed E-state index contributed by atoms with van der Waals surface area (Å²) in [4.78, 5) is 2.31. The average Bonchev–Trinajstić information content (AvgIpc) is 3.23. The van der Waals surface area contributed by atoms with Gasteiger partial charge in [-0.15, -0.1) is 10.2 Å². The number of nitrogens with one attached hydrogen (secondary N) is 2. The second-order valence-corrected chi connectivity index (χ2v) is 11.7. The minimum atomic E-state index is 0.0260. The molecule has 4 aliphatic carbocycles. The number of aromatic nitrogens is 4. The zero-order valence-corrected chi connectivity index (χ0v) is 19.9. The zero-order chi connectivity index (χ0) is 22.4. The van der Waals surface area contributed by atoms with Crippen LogP contribution in [0.15, 0.2) is 12.3 Å². The number of hydrogen-bond acceptors (Lipinski definition) is 6. The topological polar surface area (TPSA) is 93.5 Å². The lowest BCUT2D eigenvalue weighted by Crippen LogP contribution is -2.56. The molecule has 0 bridgehead atoms. The monoisotopic (exact) mass is 449 g/mol. The maximum absolute atomic E-state index is 9.55. The Morgan fingerprint density at radius 1 is 1.06 bits per heavy atom. The number of piperidine rings is 1. The van der Waals surface area contributed by atoms with Gasteiger partial charge >= 0.3 is 0 Å². The molecule has 4 saturated carbocycles. The molecule has 7 nitrogen and oxygen atoms in total. The number of rotatable bonds is 7. The highest BCUT2D eigenvalue weighted by Gasteiger charge is 2.58. The predicted molar refractivity (Wildman–Crippen MR) is 126 cm³/mol. The lowest BCUT2D eigenvalue weighted by atomic mass is 9.46. The third-order valence-electron chi connectivity index (χ3n) is 10.2.